The number of amides is 1. The number of nitrogens with one attached hydrogen (secondary N) is 4. The van der Waals surface area contributed by atoms with Crippen molar-refractivity contribution in [1.29, 1.82) is 5.41 Å². The average molecular weight is 271 g/mol. The Hall–Kier alpha value is -2.19. The molecule has 1 unspecified atom stereocenters. The van der Waals surface area contributed by atoms with Gasteiger partial charge in [0.1, 0.15) is 6.29 Å². The summed E-state index contributed by atoms with van der Waals surface area (Å²) in [4.78, 5) is 32.2. The minimum absolute atomic E-state index is 0.0537. The Morgan fingerprint density at radius 1 is 1.53 bits per heavy atom. The van der Waals surface area contributed by atoms with Crippen molar-refractivity contribution >= 4 is 18.2 Å². The molecule has 1 atom stereocenters. The highest BCUT2D eigenvalue weighted by atomic mass is 16.7. The zero-order chi connectivity index (χ0) is 14.3. The van der Waals surface area contributed by atoms with Gasteiger partial charge in [0.05, 0.1) is 6.04 Å². The molecule has 1 amide bonds. The second kappa shape index (κ2) is 7.29. The van der Waals surface area contributed by atoms with E-state index in [1.54, 1.807) is 5.43 Å². The molecule has 0 spiro atoms. The smallest absolute Gasteiger partial charge is 0.251 e. The SMILES string of the molecule is N=C(NCCCC(C=O)NC(=O)C1CC1)N[N+](=O)[O-]. The summed E-state index contributed by atoms with van der Waals surface area (Å²) >= 11 is 0. The molecule has 0 aromatic heterocycles. The number of rotatable bonds is 8. The van der Waals surface area contributed by atoms with Crippen LogP contribution in [-0.2, 0) is 9.59 Å². The maximum absolute atomic E-state index is 11.4. The zero-order valence-corrected chi connectivity index (χ0v) is 10.3. The third-order valence-electron chi connectivity index (χ3n) is 2.64. The van der Waals surface area contributed by atoms with Crippen molar-refractivity contribution in [2.45, 2.75) is 31.7 Å². The second-order valence-electron chi connectivity index (χ2n) is 4.34. The summed E-state index contributed by atoms with van der Waals surface area (Å²) in [6.45, 7) is 0.309. The topological polar surface area (TPSA) is 137 Å². The quantitative estimate of drug-likeness (QED) is 0.113. The average Bonchev–Trinajstić information content (AvgIpc) is 3.15. The fraction of sp³-hybridized carbons (Fsp3) is 0.700. The Balaban J connectivity index is 2.11. The van der Waals surface area contributed by atoms with Crippen LogP contribution >= 0.6 is 0 Å². The lowest BCUT2D eigenvalue weighted by atomic mass is 10.1. The number of carbonyl (C=O) groups excluding carboxylic acids is 2. The minimum Gasteiger partial charge on any atom is -0.352 e. The number of guanidine groups is 1. The molecule has 0 aliphatic heterocycles. The molecule has 9 heteroatoms. The predicted octanol–water partition coefficient (Wildman–Crippen LogP) is -0.834. The van der Waals surface area contributed by atoms with Crippen LogP contribution < -0.4 is 16.1 Å². The number of hydrogen-bond acceptors (Lipinski definition) is 5. The van der Waals surface area contributed by atoms with Crippen molar-refractivity contribution in [2.24, 2.45) is 5.92 Å². The first-order chi connectivity index (χ1) is 9.02. The Morgan fingerprint density at radius 2 is 2.21 bits per heavy atom. The Bertz CT molecular complexity index is 369. The normalized spacial score (nSPS) is 15.2. The maximum atomic E-state index is 11.4. The van der Waals surface area contributed by atoms with Gasteiger partial charge in [0.2, 0.25) is 5.91 Å². The monoisotopic (exact) mass is 271 g/mol. The second-order valence-corrected chi connectivity index (χ2v) is 4.34. The van der Waals surface area contributed by atoms with Gasteiger partial charge in [-0.1, -0.05) is 5.43 Å². The molecule has 0 aromatic carbocycles. The van der Waals surface area contributed by atoms with Gasteiger partial charge in [-0.25, -0.2) is 10.1 Å². The molecule has 0 radical (unpaired) electrons. The van der Waals surface area contributed by atoms with Gasteiger partial charge in [0.25, 0.3) is 5.96 Å². The van der Waals surface area contributed by atoms with Gasteiger partial charge in [-0.2, -0.15) is 0 Å². The molecule has 4 N–H and O–H groups in total. The van der Waals surface area contributed by atoms with Gasteiger partial charge in [-0.3, -0.25) is 10.2 Å². The van der Waals surface area contributed by atoms with Gasteiger partial charge < -0.3 is 15.4 Å². The number of nitrogens with zero attached hydrogens (tertiary/aromatic N) is 1. The molecule has 0 bridgehead atoms. The Kier molecular flexibility index (Phi) is 5.71. The van der Waals surface area contributed by atoms with E-state index in [4.69, 9.17) is 5.41 Å². The fourth-order valence-corrected chi connectivity index (χ4v) is 1.49. The summed E-state index contributed by atoms with van der Waals surface area (Å²) in [5.74, 6) is -0.444. The molecular formula is C10H17N5O4. The first-order valence-corrected chi connectivity index (χ1v) is 6.02. The van der Waals surface area contributed by atoms with E-state index in [-0.39, 0.29) is 11.8 Å². The lowest BCUT2D eigenvalue weighted by Crippen LogP contribution is -2.41. The largest absolute Gasteiger partial charge is 0.352 e. The van der Waals surface area contributed by atoms with Crippen LogP contribution in [0.4, 0.5) is 0 Å². The molecular weight excluding hydrogens is 254 g/mol. The van der Waals surface area contributed by atoms with Crippen LogP contribution in [0.5, 0.6) is 0 Å². The van der Waals surface area contributed by atoms with E-state index in [2.05, 4.69) is 10.6 Å². The van der Waals surface area contributed by atoms with Crippen LogP contribution in [0.2, 0.25) is 0 Å². The molecule has 0 aromatic rings. The van der Waals surface area contributed by atoms with E-state index in [1.165, 1.54) is 0 Å². The van der Waals surface area contributed by atoms with Crippen LogP contribution in [0, 0.1) is 21.4 Å². The lowest BCUT2D eigenvalue weighted by molar-refractivity contribution is -0.525. The standard InChI is InChI=1S/C10H17N5O4/c11-10(14-15(18)19)12-5-1-2-8(6-16)13-9(17)7-3-4-7/h6-8H,1-5H2,(H,13,17)(H3,11,12,14). The molecule has 1 aliphatic rings. The first kappa shape index (κ1) is 14.9. The highest BCUT2D eigenvalue weighted by molar-refractivity contribution is 5.83. The third-order valence-corrected chi connectivity index (χ3v) is 2.64. The van der Waals surface area contributed by atoms with Crippen molar-refractivity contribution in [2.75, 3.05) is 6.54 Å². The van der Waals surface area contributed by atoms with Gasteiger partial charge in [-0.15, -0.1) is 0 Å². The molecule has 1 rings (SSSR count). The summed E-state index contributed by atoms with van der Waals surface area (Å²) in [6.07, 6.45) is 3.38. The molecule has 1 saturated carbocycles. The molecule has 1 fully saturated rings. The van der Waals surface area contributed by atoms with E-state index in [9.17, 15) is 19.7 Å². The number of nitro groups is 1. The third kappa shape index (κ3) is 6.34. The van der Waals surface area contributed by atoms with Gasteiger partial charge >= 0.3 is 0 Å². The molecule has 9 nitrogen and oxygen atoms in total. The van der Waals surface area contributed by atoms with E-state index in [0.717, 1.165) is 12.8 Å². The zero-order valence-electron chi connectivity index (χ0n) is 10.3. The van der Waals surface area contributed by atoms with Crippen molar-refractivity contribution in [1.82, 2.24) is 16.1 Å². The van der Waals surface area contributed by atoms with Crippen LogP contribution in [0.25, 0.3) is 0 Å². The summed E-state index contributed by atoms with van der Waals surface area (Å²) in [5.41, 5.74) is 1.66. The molecule has 0 heterocycles. The molecule has 19 heavy (non-hydrogen) atoms. The van der Waals surface area contributed by atoms with E-state index in [0.29, 0.717) is 25.7 Å². The van der Waals surface area contributed by atoms with Gasteiger partial charge in [-0.05, 0) is 25.7 Å². The number of aldehydes is 1. The summed E-state index contributed by atoms with van der Waals surface area (Å²) in [5, 5.41) is 21.4. The van der Waals surface area contributed by atoms with Crippen molar-refractivity contribution in [3.63, 3.8) is 0 Å². The predicted molar refractivity (Wildman–Crippen MR) is 65.8 cm³/mol. The maximum Gasteiger partial charge on any atom is 0.251 e. The van der Waals surface area contributed by atoms with Crippen LogP contribution in [0.15, 0.2) is 0 Å². The van der Waals surface area contributed by atoms with Crippen LogP contribution in [0.1, 0.15) is 25.7 Å². The highest BCUT2D eigenvalue weighted by Gasteiger charge is 2.30. The Morgan fingerprint density at radius 3 is 2.74 bits per heavy atom. The highest BCUT2D eigenvalue weighted by Crippen LogP contribution is 2.28. The molecule has 1 aliphatic carbocycles. The van der Waals surface area contributed by atoms with Crippen LogP contribution in [-0.4, -0.2) is 35.8 Å². The summed E-state index contributed by atoms with van der Waals surface area (Å²) in [6, 6.07) is -0.535. The van der Waals surface area contributed by atoms with Gasteiger partial charge in [0, 0.05) is 12.5 Å². The lowest BCUT2D eigenvalue weighted by Gasteiger charge is -2.12. The summed E-state index contributed by atoms with van der Waals surface area (Å²) in [7, 11) is 0. The summed E-state index contributed by atoms with van der Waals surface area (Å²) < 4.78 is 0. The first-order valence-electron chi connectivity index (χ1n) is 6.02. The van der Waals surface area contributed by atoms with Crippen molar-refractivity contribution in [3.8, 4) is 0 Å². The number of carbonyl (C=O) groups is 2. The van der Waals surface area contributed by atoms with Crippen molar-refractivity contribution in [3.05, 3.63) is 10.1 Å². The molecule has 0 saturated heterocycles. The molecule has 106 valence electrons. The fourth-order valence-electron chi connectivity index (χ4n) is 1.49. The van der Waals surface area contributed by atoms with Crippen molar-refractivity contribution < 1.29 is 14.6 Å². The number of hydrogen-bond donors (Lipinski definition) is 4. The van der Waals surface area contributed by atoms with Gasteiger partial charge in [0.15, 0.2) is 5.03 Å². The van der Waals surface area contributed by atoms with E-state index in [1.807, 2.05) is 0 Å². The Labute approximate surface area is 109 Å². The van der Waals surface area contributed by atoms with Crippen LogP contribution in [0.3, 0.4) is 0 Å². The van der Waals surface area contributed by atoms with E-state index >= 15 is 0 Å². The van der Waals surface area contributed by atoms with E-state index < -0.39 is 17.0 Å². The minimum atomic E-state index is -0.834. The number of hydrazine groups is 1.